The summed E-state index contributed by atoms with van der Waals surface area (Å²) in [5.74, 6) is -0.113. The van der Waals surface area contributed by atoms with E-state index in [4.69, 9.17) is 5.73 Å². The number of nitrogens with zero attached hydrogens (tertiary/aromatic N) is 1. The molecule has 1 heterocycles. The lowest BCUT2D eigenvalue weighted by atomic mass is 10.2. The van der Waals surface area contributed by atoms with Gasteiger partial charge in [-0.05, 0) is 23.8 Å². The van der Waals surface area contributed by atoms with Crippen LogP contribution in [0.15, 0.2) is 41.2 Å². The van der Waals surface area contributed by atoms with Crippen molar-refractivity contribution < 1.29 is 4.79 Å². The number of hydrogen-bond donors (Lipinski definition) is 2. The summed E-state index contributed by atoms with van der Waals surface area (Å²) in [6.07, 6.45) is 4.01. The van der Waals surface area contributed by atoms with Crippen molar-refractivity contribution in [3.05, 3.63) is 52.5 Å². The molecule has 0 bridgehead atoms. The molecule has 0 saturated heterocycles. The van der Waals surface area contributed by atoms with Gasteiger partial charge in [0.25, 0.3) is 0 Å². The maximum Gasteiger partial charge on any atom is 0.244 e. The number of carbonyl (C=O) groups is 1. The Morgan fingerprint density at radius 1 is 1.47 bits per heavy atom. The van der Waals surface area contributed by atoms with Gasteiger partial charge in [0.2, 0.25) is 5.91 Å². The van der Waals surface area contributed by atoms with Crippen LogP contribution in [0.3, 0.4) is 0 Å². The summed E-state index contributed by atoms with van der Waals surface area (Å²) in [5.41, 5.74) is 10.1. The van der Waals surface area contributed by atoms with Crippen LogP contribution in [0, 0.1) is 0 Å². The third-order valence-electron chi connectivity index (χ3n) is 2.50. The second-order valence-electron chi connectivity index (χ2n) is 4.02. The van der Waals surface area contributed by atoms with Gasteiger partial charge in [-0.3, -0.25) is 4.79 Å². The highest BCUT2D eigenvalue weighted by Crippen LogP contribution is 2.07. The van der Waals surface area contributed by atoms with Crippen molar-refractivity contribution in [2.75, 3.05) is 12.3 Å². The van der Waals surface area contributed by atoms with Gasteiger partial charge in [0.1, 0.15) is 0 Å². The van der Waals surface area contributed by atoms with Gasteiger partial charge in [-0.15, -0.1) is 11.3 Å². The van der Waals surface area contributed by atoms with Crippen LogP contribution < -0.4 is 11.1 Å². The Morgan fingerprint density at radius 2 is 2.37 bits per heavy atom. The molecule has 4 nitrogen and oxygen atoms in total. The van der Waals surface area contributed by atoms with Gasteiger partial charge in [0.05, 0.1) is 11.2 Å². The van der Waals surface area contributed by atoms with Crippen LogP contribution in [0.5, 0.6) is 0 Å². The highest BCUT2D eigenvalue weighted by molar-refractivity contribution is 7.07. The molecule has 0 saturated carbocycles. The minimum atomic E-state index is -0.113. The smallest absolute Gasteiger partial charge is 0.244 e. The van der Waals surface area contributed by atoms with Gasteiger partial charge in [-0.25, -0.2) is 4.98 Å². The summed E-state index contributed by atoms with van der Waals surface area (Å²) in [7, 11) is 0. The van der Waals surface area contributed by atoms with E-state index in [1.54, 1.807) is 22.9 Å². The average Bonchev–Trinajstić information content (AvgIpc) is 2.90. The minimum Gasteiger partial charge on any atom is -0.399 e. The lowest BCUT2D eigenvalue weighted by molar-refractivity contribution is -0.116. The number of benzene rings is 1. The molecule has 2 aromatic rings. The summed E-state index contributed by atoms with van der Waals surface area (Å²) in [6.45, 7) is 0.587. The zero-order valence-corrected chi connectivity index (χ0v) is 11.2. The molecular weight excluding hydrogens is 258 g/mol. The lowest BCUT2D eigenvalue weighted by Crippen LogP contribution is -2.23. The molecule has 0 aliphatic carbocycles. The van der Waals surface area contributed by atoms with E-state index in [1.165, 1.54) is 6.08 Å². The highest BCUT2D eigenvalue weighted by Gasteiger charge is 1.97. The molecule has 1 aromatic heterocycles. The quantitative estimate of drug-likeness (QED) is 0.647. The highest BCUT2D eigenvalue weighted by atomic mass is 32.1. The van der Waals surface area contributed by atoms with Crippen LogP contribution in [-0.4, -0.2) is 17.4 Å². The van der Waals surface area contributed by atoms with Crippen molar-refractivity contribution >= 4 is 29.0 Å². The van der Waals surface area contributed by atoms with Crippen molar-refractivity contribution in [2.24, 2.45) is 0 Å². The zero-order chi connectivity index (χ0) is 13.5. The van der Waals surface area contributed by atoms with Crippen molar-refractivity contribution in [2.45, 2.75) is 6.42 Å². The fraction of sp³-hybridized carbons (Fsp3) is 0.143. The van der Waals surface area contributed by atoms with Gasteiger partial charge in [0, 0.05) is 30.1 Å². The summed E-state index contributed by atoms with van der Waals surface area (Å²) in [4.78, 5) is 15.7. The van der Waals surface area contributed by atoms with Crippen molar-refractivity contribution in [1.29, 1.82) is 0 Å². The molecule has 1 aromatic carbocycles. The number of nitrogens with one attached hydrogen (secondary N) is 1. The number of nitrogen functional groups attached to an aromatic ring is 1. The number of rotatable bonds is 5. The van der Waals surface area contributed by atoms with E-state index in [0.29, 0.717) is 12.2 Å². The zero-order valence-electron chi connectivity index (χ0n) is 10.4. The molecule has 0 aliphatic rings. The molecule has 19 heavy (non-hydrogen) atoms. The van der Waals surface area contributed by atoms with Crippen LogP contribution in [-0.2, 0) is 11.2 Å². The first-order valence-electron chi connectivity index (χ1n) is 5.92. The first-order chi connectivity index (χ1) is 9.24. The van der Waals surface area contributed by atoms with Gasteiger partial charge < -0.3 is 11.1 Å². The van der Waals surface area contributed by atoms with Crippen molar-refractivity contribution in [3.63, 3.8) is 0 Å². The topological polar surface area (TPSA) is 68.0 Å². The first kappa shape index (κ1) is 13.3. The Hall–Kier alpha value is -2.14. The second-order valence-corrected chi connectivity index (χ2v) is 4.74. The van der Waals surface area contributed by atoms with Crippen molar-refractivity contribution in [3.8, 4) is 0 Å². The molecule has 98 valence electrons. The molecule has 0 atom stereocenters. The molecule has 2 rings (SSSR count). The Kier molecular flexibility index (Phi) is 4.69. The summed E-state index contributed by atoms with van der Waals surface area (Å²) in [6, 6.07) is 7.38. The molecule has 3 N–H and O–H groups in total. The molecule has 1 amide bonds. The van der Waals surface area contributed by atoms with E-state index in [9.17, 15) is 4.79 Å². The van der Waals surface area contributed by atoms with Gasteiger partial charge >= 0.3 is 0 Å². The van der Waals surface area contributed by atoms with Gasteiger partial charge in [-0.1, -0.05) is 12.1 Å². The summed E-state index contributed by atoms with van der Waals surface area (Å²) in [5, 5.41) is 4.79. The number of hydrogen-bond acceptors (Lipinski definition) is 4. The number of carbonyl (C=O) groups excluding carboxylic acids is 1. The number of aromatic nitrogens is 1. The van der Waals surface area contributed by atoms with Crippen LogP contribution >= 0.6 is 11.3 Å². The molecule has 0 unspecified atom stereocenters. The van der Waals surface area contributed by atoms with Gasteiger partial charge in [0.15, 0.2) is 0 Å². The van der Waals surface area contributed by atoms with E-state index in [2.05, 4.69) is 10.3 Å². The Balaban J connectivity index is 1.78. The van der Waals surface area contributed by atoms with E-state index in [0.717, 1.165) is 17.7 Å². The number of thiazole rings is 1. The number of nitrogens with two attached hydrogens (primary N) is 1. The van der Waals surface area contributed by atoms with Crippen LogP contribution in [0.1, 0.15) is 11.3 Å². The lowest BCUT2D eigenvalue weighted by Gasteiger charge is -2.00. The Morgan fingerprint density at radius 3 is 3.11 bits per heavy atom. The molecule has 0 spiro atoms. The van der Waals surface area contributed by atoms with E-state index in [-0.39, 0.29) is 5.91 Å². The maximum atomic E-state index is 11.6. The fourth-order valence-corrected chi connectivity index (χ4v) is 2.16. The molecule has 5 heteroatoms. The molecule has 0 aliphatic heterocycles. The third-order valence-corrected chi connectivity index (χ3v) is 3.14. The second kappa shape index (κ2) is 6.70. The van der Waals surface area contributed by atoms with E-state index in [1.807, 2.05) is 29.6 Å². The predicted octanol–water partition coefficient (Wildman–Crippen LogP) is 2.10. The van der Waals surface area contributed by atoms with Crippen LogP contribution in [0.2, 0.25) is 0 Å². The molecular formula is C14H15N3OS. The third kappa shape index (κ3) is 4.56. The normalized spacial score (nSPS) is 10.7. The fourth-order valence-electron chi connectivity index (χ4n) is 1.57. The standard InChI is InChI=1S/C14H15N3OS/c15-12-3-1-2-11(8-12)4-5-14(18)16-7-6-13-9-19-10-17-13/h1-5,8-10H,6-7,15H2,(H,16,18)/b5-4+. The SMILES string of the molecule is Nc1cccc(/C=C/C(=O)NCCc2cscn2)c1. The van der Waals surface area contributed by atoms with E-state index >= 15 is 0 Å². The van der Waals surface area contributed by atoms with Crippen molar-refractivity contribution in [1.82, 2.24) is 10.3 Å². The summed E-state index contributed by atoms with van der Waals surface area (Å²) >= 11 is 1.56. The Labute approximate surface area is 116 Å². The summed E-state index contributed by atoms with van der Waals surface area (Å²) < 4.78 is 0. The minimum absolute atomic E-state index is 0.113. The average molecular weight is 273 g/mol. The van der Waals surface area contributed by atoms with E-state index < -0.39 is 0 Å². The van der Waals surface area contributed by atoms with Crippen LogP contribution in [0.4, 0.5) is 5.69 Å². The maximum absolute atomic E-state index is 11.6. The molecule has 0 fully saturated rings. The number of amides is 1. The predicted molar refractivity (Wildman–Crippen MR) is 78.7 cm³/mol. The first-order valence-corrected chi connectivity index (χ1v) is 6.87. The number of anilines is 1. The monoisotopic (exact) mass is 273 g/mol. The largest absolute Gasteiger partial charge is 0.399 e. The van der Waals surface area contributed by atoms with Gasteiger partial charge in [-0.2, -0.15) is 0 Å². The van der Waals surface area contributed by atoms with Crippen LogP contribution in [0.25, 0.3) is 6.08 Å². The Bertz CT molecular complexity index is 564. The molecule has 0 radical (unpaired) electrons.